The molecule has 0 radical (unpaired) electrons. The predicted molar refractivity (Wildman–Crippen MR) is 93.6 cm³/mol. The quantitative estimate of drug-likeness (QED) is 0.787. The summed E-state index contributed by atoms with van der Waals surface area (Å²) < 4.78 is 2.42. The van der Waals surface area contributed by atoms with Crippen LogP contribution in [0.3, 0.4) is 0 Å². The van der Waals surface area contributed by atoms with Crippen LogP contribution in [0.25, 0.3) is 0 Å². The summed E-state index contributed by atoms with van der Waals surface area (Å²) in [6.45, 7) is 7.66. The van der Waals surface area contributed by atoms with Crippen LogP contribution in [-0.4, -0.2) is 28.7 Å². The lowest BCUT2D eigenvalue weighted by Gasteiger charge is -2.21. The Labute approximate surface area is 140 Å². The van der Waals surface area contributed by atoms with Crippen molar-refractivity contribution in [1.82, 2.24) is 20.2 Å². The molecule has 0 spiro atoms. The number of nitrogens with one attached hydrogen (secondary N) is 2. The van der Waals surface area contributed by atoms with E-state index in [1.54, 1.807) is 0 Å². The van der Waals surface area contributed by atoms with Crippen molar-refractivity contribution in [3.05, 3.63) is 17.7 Å². The van der Waals surface area contributed by atoms with Gasteiger partial charge in [0.25, 0.3) is 0 Å². The molecule has 130 valence electrons. The molecule has 0 aromatic carbocycles. The summed E-state index contributed by atoms with van der Waals surface area (Å²) in [7, 11) is 0. The van der Waals surface area contributed by atoms with Gasteiger partial charge in [0, 0.05) is 37.4 Å². The van der Waals surface area contributed by atoms with E-state index in [1.165, 1.54) is 44.2 Å². The molecule has 0 aliphatic heterocycles. The molecule has 0 atom stereocenters. The number of hydrogen-bond donors (Lipinski definition) is 2. The van der Waals surface area contributed by atoms with Crippen molar-refractivity contribution in [2.75, 3.05) is 13.1 Å². The van der Waals surface area contributed by atoms with Crippen LogP contribution in [0, 0.1) is 12.8 Å². The number of rotatable bonds is 6. The highest BCUT2D eigenvalue weighted by atomic mass is 16.2. The molecular weight excluding hydrogens is 288 g/mol. The van der Waals surface area contributed by atoms with Gasteiger partial charge in [0.2, 0.25) is 0 Å². The van der Waals surface area contributed by atoms with E-state index in [4.69, 9.17) is 0 Å². The molecule has 2 rings (SSSR count). The number of urea groups is 1. The Hall–Kier alpha value is -1.52. The number of hydrogen-bond acceptors (Lipinski definition) is 2. The molecule has 1 fully saturated rings. The molecule has 1 aromatic rings. The third kappa shape index (κ3) is 5.56. The zero-order chi connectivity index (χ0) is 16.7. The van der Waals surface area contributed by atoms with Crippen molar-refractivity contribution < 1.29 is 4.79 Å². The average molecular weight is 320 g/mol. The average Bonchev–Trinajstić information content (AvgIpc) is 2.73. The number of aryl methyl sites for hydroxylation is 1. The third-order valence-electron chi connectivity index (χ3n) is 4.55. The predicted octanol–water partition coefficient (Wildman–Crippen LogP) is 3.58. The number of nitrogens with zero attached hydrogens (tertiary/aromatic N) is 2. The van der Waals surface area contributed by atoms with Crippen molar-refractivity contribution in [3.8, 4) is 0 Å². The first-order valence-corrected chi connectivity index (χ1v) is 9.12. The van der Waals surface area contributed by atoms with Crippen LogP contribution in [0.2, 0.25) is 0 Å². The SMILES string of the molecule is Cc1cnc(CCNC(=O)NCC(C)C)n1C1CCCCCC1. The lowest BCUT2D eigenvalue weighted by atomic mass is 10.1. The molecule has 1 aliphatic rings. The zero-order valence-corrected chi connectivity index (χ0v) is 14.9. The van der Waals surface area contributed by atoms with Crippen LogP contribution in [0.4, 0.5) is 4.79 Å². The summed E-state index contributed by atoms with van der Waals surface area (Å²) in [5.41, 5.74) is 1.25. The Morgan fingerprint density at radius 1 is 1.26 bits per heavy atom. The van der Waals surface area contributed by atoms with Crippen molar-refractivity contribution in [3.63, 3.8) is 0 Å². The van der Waals surface area contributed by atoms with Crippen LogP contribution in [0.5, 0.6) is 0 Å². The van der Waals surface area contributed by atoms with E-state index >= 15 is 0 Å². The monoisotopic (exact) mass is 320 g/mol. The molecule has 1 aromatic heterocycles. The first-order chi connectivity index (χ1) is 11.1. The van der Waals surface area contributed by atoms with Gasteiger partial charge in [-0.1, -0.05) is 39.5 Å². The highest BCUT2D eigenvalue weighted by Crippen LogP contribution is 2.29. The van der Waals surface area contributed by atoms with Gasteiger partial charge in [-0.15, -0.1) is 0 Å². The number of carbonyl (C=O) groups is 1. The van der Waals surface area contributed by atoms with Gasteiger partial charge >= 0.3 is 6.03 Å². The standard InChI is InChI=1S/C18H32N4O/c1-14(2)12-21-18(23)19-11-10-17-20-13-15(3)22(17)16-8-6-4-5-7-9-16/h13-14,16H,4-12H2,1-3H3,(H2,19,21,23). The van der Waals surface area contributed by atoms with E-state index in [-0.39, 0.29) is 6.03 Å². The van der Waals surface area contributed by atoms with Crippen molar-refractivity contribution >= 4 is 6.03 Å². The molecule has 2 N–H and O–H groups in total. The lowest BCUT2D eigenvalue weighted by molar-refractivity contribution is 0.239. The maximum absolute atomic E-state index is 11.7. The van der Waals surface area contributed by atoms with Crippen LogP contribution in [0.15, 0.2) is 6.20 Å². The van der Waals surface area contributed by atoms with E-state index in [0.717, 1.165) is 12.2 Å². The molecule has 23 heavy (non-hydrogen) atoms. The van der Waals surface area contributed by atoms with Gasteiger partial charge < -0.3 is 15.2 Å². The maximum atomic E-state index is 11.7. The molecule has 1 aliphatic carbocycles. The Balaban J connectivity index is 1.87. The zero-order valence-electron chi connectivity index (χ0n) is 14.9. The Bertz CT molecular complexity index is 487. The highest BCUT2D eigenvalue weighted by Gasteiger charge is 2.19. The van der Waals surface area contributed by atoms with Crippen molar-refractivity contribution in [2.45, 2.75) is 71.8 Å². The molecular formula is C18H32N4O. The molecule has 5 heteroatoms. The van der Waals surface area contributed by atoms with Gasteiger partial charge in [-0.25, -0.2) is 9.78 Å². The maximum Gasteiger partial charge on any atom is 0.314 e. The second-order valence-corrected chi connectivity index (χ2v) is 7.11. The second-order valence-electron chi connectivity index (χ2n) is 7.11. The van der Waals surface area contributed by atoms with Gasteiger partial charge in [0.15, 0.2) is 0 Å². The van der Waals surface area contributed by atoms with Crippen LogP contribution in [0.1, 0.15) is 69.9 Å². The summed E-state index contributed by atoms with van der Waals surface area (Å²) in [6, 6.07) is 0.507. The van der Waals surface area contributed by atoms with Crippen LogP contribution in [-0.2, 0) is 6.42 Å². The molecule has 0 bridgehead atoms. The van der Waals surface area contributed by atoms with E-state index in [9.17, 15) is 4.79 Å². The summed E-state index contributed by atoms with van der Waals surface area (Å²) in [6.07, 6.45) is 10.6. The van der Waals surface area contributed by atoms with Crippen LogP contribution < -0.4 is 10.6 Å². The molecule has 0 unspecified atom stereocenters. The number of aromatic nitrogens is 2. The smallest absolute Gasteiger partial charge is 0.314 e. The highest BCUT2D eigenvalue weighted by molar-refractivity contribution is 5.73. The topological polar surface area (TPSA) is 59.0 Å². The Morgan fingerprint density at radius 3 is 2.61 bits per heavy atom. The van der Waals surface area contributed by atoms with Crippen molar-refractivity contribution in [1.29, 1.82) is 0 Å². The molecule has 2 amide bonds. The minimum Gasteiger partial charge on any atom is -0.338 e. The number of amides is 2. The van der Waals surface area contributed by atoms with E-state index in [0.29, 0.717) is 25.0 Å². The summed E-state index contributed by atoms with van der Waals surface area (Å²) in [4.78, 5) is 16.3. The number of carbonyl (C=O) groups excluding carboxylic acids is 1. The minimum absolute atomic E-state index is 0.0806. The van der Waals surface area contributed by atoms with E-state index in [1.807, 2.05) is 6.20 Å². The normalized spacial score (nSPS) is 16.3. The fraction of sp³-hybridized carbons (Fsp3) is 0.778. The van der Waals surface area contributed by atoms with Gasteiger partial charge in [-0.2, -0.15) is 0 Å². The van der Waals surface area contributed by atoms with E-state index < -0.39 is 0 Å². The fourth-order valence-corrected chi connectivity index (χ4v) is 3.34. The molecule has 5 nitrogen and oxygen atoms in total. The molecule has 1 heterocycles. The van der Waals surface area contributed by atoms with Gasteiger partial charge in [0.1, 0.15) is 5.82 Å². The van der Waals surface area contributed by atoms with Gasteiger partial charge in [-0.3, -0.25) is 0 Å². The van der Waals surface area contributed by atoms with E-state index in [2.05, 4.69) is 41.0 Å². The van der Waals surface area contributed by atoms with Gasteiger partial charge in [0.05, 0.1) is 0 Å². The molecule has 1 saturated carbocycles. The summed E-state index contributed by atoms with van der Waals surface area (Å²) in [5.74, 6) is 1.58. The summed E-state index contributed by atoms with van der Waals surface area (Å²) in [5, 5.41) is 5.82. The lowest BCUT2D eigenvalue weighted by Crippen LogP contribution is -2.38. The Morgan fingerprint density at radius 2 is 1.96 bits per heavy atom. The van der Waals surface area contributed by atoms with Gasteiger partial charge in [-0.05, 0) is 25.7 Å². The Kier molecular flexibility index (Phi) is 6.93. The molecule has 0 saturated heterocycles. The summed E-state index contributed by atoms with van der Waals surface area (Å²) >= 11 is 0. The fourth-order valence-electron chi connectivity index (χ4n) is 3.34. The van der Waals surface area contributed by atoms with Crippen LogP contribution >= 0.6 is 0 Å². The second kappa shape index (κ2) is 8.94. The minimum atomic E-state index is -0.0806. The number of imidazole rings is 1. The largest absolute Gasteiger partial charge is 0.338 e. The first-order valence-electron chi connectivity index (χ1n) is 9.12. The first kappa shape index (κ1) is 17.8. The third-order valence-corrected chi connectivity index (χ3v) is 4.55. The van der Waals surface area contributed by atoms with Crippen molar-refractivity contribution in [2.24, 2.45) is 5.92 Å².